The lowest BCUT2D eigenvalue weighted by atomic mass is 10.0. The van der Waals surface area contributed by atoms with E-state index in [0.717, 1.165) is 0 Å². The van der Waals surface area contributed by atoms with Crippen LogP contribution in [0.15, 0.2) is 0 Å². The Bertz CT molecular complexity index is 277. The van der Waals surface area contributed by atoms with E-state index in [1.807, 2.05) is 0 Å². The van der Waals surface area contributed by atoms with Gasteiger partial charge in [-0.3, -0.25) is 4.52 Å². The van der Waals surface area contributed by atoms with E-state index in [-0.39, 0.29) is 0 Å². The molecule has 6 N–H and O–H groups in total. The van der Waals surface area contributed by atoms with Crippen molar-refractivity contribution in [2.45, 2.75) is 30.7 Å². The second-order valence-electron chi connectivity index (χ2n) is 3.32. The molecule has 1 rings (SSSR count). The van der Waals surface area contributed by atoms with Gasteiger partial charge in [0.2, 0.25) is 0 Å². The third kappa shape index (κ3) is 3.45. The van der Waals surface area contributed by atoms with Crippen molar-refractivity contribution in [3.63, 3.8) is 0 Å². The van der Waals surface area contributed by atoms with Crippen molar-refractivity contribution >= 4 is 7.82 Å². The van der Waals surface area contributed by atoms with Crippen LogP contribution in [0.3, 0.4) is 0 Å². The third-order valence-corrected chi connectivity index (χ3v) is 2.58. The Morgan fingerprint density at radius 2 is 1.62 bits per heavy atom. The summed E-state index contributed by atoms with van der Waals surface area (Å²) in [5.74, 6) is 0. The molecule has 0 spiro atoms. The first-order valence-electron chi connectivity index (χ1n) is 4.30. The Labute approximate surface area is 90.1 Å². The molecule has 9 nitrogen and oxygen atoms in total. The molecule has 0 radical (unpaired) electrons. The van der Waals surface area contributed by atoms with Crippen LogP contribution in [-0.4, -0.2) is 67.5 Å². The first-order chi connectivity index (χ1) is 7.22. The number of hydrogen-bond acceptors (Lipinski definition) is 7. The van der Waals surface area contributed by atoms with E-state index in [0.29, 0.717) is 0 Å². The van der Waals surface area contributed by atoms with Crippen LogP contribution in [0.1, 0.15) is 0 Å². The van der Waals surface area contributed by atoms with E-state index in [2.05, 4.69) is 9.26 Å². The SMILES string of the molecule is O=P(O)(O)O[14CH2]C1OC(O)C(O)C(O)C1O. The zero-order valence-electron chi connectivity index (χ0n) is 7.95. The zero-order chi connectivity index (χ0) is 12.5. The molecule has 1 aliphatic rings. The fourth-order valence-corrected chi connectivity index (χ4v) is 1.58. The number of phosphoric ester groups is 1. The van der Waals surface area contributed by atoms with Crippen LogP contribution in [0.4, 0.5) is 0 Å². The van der Waals surface area contributed by atoms with Gasteiger partial charge in [-0.25, -0.2) is 4.57 Å². The van der Waals surface area contributed by atoms with Crippen molar-refractivity contribution in [1.82, 2.24) is 0 Å². The molecule has 1 aliphatic heterocycles. The second kappa shape index (κ2) is 5.05. The molecular weight excluding hydrogens is 249 g/mol. The predicted molar refractivity (Wildman–Crippen MR) is 46.9 cm³/mol. The van der Waals surface area contributed by atoms with Gasteiger partial charge >= 0.3 is 7.82 Å². The van der Waals surface area contributed by atoms with Gasteiger partial charge in [0.1, 0.15) is 24.4 Å². The van der Waals surface area contributed by atoms with Crippen molar-refractivity contribution < 1.29 is 44.0 Å². The minimum atomic E-state index is -4.73. The van der Waals surface area contributed by atoms with Crippen molar-refractivity contribution in [2.75, 3.05) is 6.61 Å². The van der Waals surface area contributed by atoms with E-state index in [9.17, 15) is 14.8 Å². The highest BCUT2D eigenvalue weighted by atomic mass is 31.2. The molecule has 0 saturated carbocycles. The smallest absolute Gasteiger partial charge is 0.387 e. The highest BCUT2D eigenvalue weighted by Crippen LogP contribution is 2.36. The van der Waals surface area contributed by atoms with E-state index in [4.69, 9.17) is 20.0 Å². The summed E-state index contributed by atoms with van der Waals surface area (Å²) in [7, 11) is -4.73. The average Bonchev–Trinajstić information content (AvgIpc) is 2.17. The maximum absolute atomic E-state index is 10.4. The predicted octanol–water partition coefficient (Wildman–Crippen LogP) is -3.10. The molecule has 0 amide bonds. The van der Waals surface area contributed by atoms with Crippen LogP contribution in [-0.2, 0) is 13.8 Å². The number of ether oxygens (including phenoxy) is 1. The summed E-state index contributed by atoms with van der Waals surface area (Å²) < 4.78 is 19.0. The molecule has 96 valence electrons. The molecule has 0 bridgehead atoms. The largest absolute Gasteiger partial charge is 0.469 e. The first kappa shape index (κ1) is 14.0. The number of aliphatic hydroxyl groups excluding tert-OH is 4. The van der Waals surface area contributed by atoms with Crippen LogP contribution < -0.4 is 0 Å². The van der Waals surface area contributed by atoms with Gasteiger partial charge in [-0.1, -0.05) is 0 Å². The van der Waals surface area contributed by atoms with Gasteiger partial charge in [0, 0.05) is 0 Å². The first-order valence-corrected chi connectivity index (χ1v) is 5.83. The van der Waals surface area contributed by atoms with Gasteiger partial charge in [0.25, 0.3) is 0 Å². The van der Waals surface area contributed by atoms with Gasteiger partial charge in [0.15, 0.2) is 6.29 Å². The Hall–Kier alpha value is -0.0900. The lowest BCUT2D eigenvalue weighted by Crippen LogP contribution is -2.58. The normalized spacial score (nSPS) is 41.0. The van der Waals surface area contributed by atoms with Crippen LogP contribution in [0.2, 0.25) is 0 Å². The Balaban J connectivity index is 2.57. The zero-order valence-corrected chi connectivity index (χ0v) is 8.84. The van der Waals surface area contributed by atoms with Crippen LogP contribution in [0.5, 0.6) is 0 Å². The highest BCUT2D eigenvalue weighted by molar-refractivity contribution is 7.46. The molecule has 16 heavy (non-hydrogen) atoms. The monoisotopic (exact) mass is 262 g/mol. The standard InChI is InChI=1S/C6H13O9P/c7-3-2(1-14-16(11,12)13)15-6(10)5(9)4(3)8/h2-10H,1H2,(H2,11,12,13)/i1+2. The summed E-state index contributed by atoms with van der Waals surface area (Å²) in [5.41, 5.74) is 0. The van der Waals surface area contributed by atoms with Gasteiger partial charge in [0.05, 0.1) is 6.61 Å². The molecule has 0 aromatic rings. The molecule has 5 unspecified atom stereocenters. The quantitative estimate of drug-likeness (QED) is 0.290. The lowest BCUT2D eigenvalue weighted by molar-refractivity contribution is -0.285. The summed E-state index contributed by atoms with van der Waals surface area (Å²) in [6.07, 6.45) is -8.11. The summed E-state index contributed by atoms with van der Waals surface area (Å²) in [5, 5.41) is 36.7. The molecule has 1 heterocycles. The Kier molecular flexibility index (Phi) is 4.41. The van der Waals surface area contributed by atoms with Crippen molar-refractivity contribution in [3.8, 4) is 0 Å². The van der Waals surface area contributed by atoms with E-state index < -0.39 is 45.1 Å². The molecular formula is C6H13O9P. The number of phosphoric acid groups is 1. The van der Waals surface area contributed by atoms with Crippen LogP contribution >= 0.6 is 7.82 Å². The fourth-order valence-electron chi connectivity index (χ4n) is 1.24. The van der Waals surface area contributed by atoms with Gasteiger partial charge in [-0.15, -0.1) is 0 Å². The van der Waals surface area contributed by atoms with Crippen molar-refractivity contribution in [1.29, 1.82) is 0 Å². The summed E-state index contributed by atoms with van der Waals surface area (Å²) >= 11 is 0. The van der Waals surface area contributed by atoms with Gasteiger partial charge < -0.3 is 34.9 Å². The van der Waals surface area contributed by atoms with Crippen LogP contribution in [0, 0.1) is 0 Å². The summed E-state index contributed by atoms with van der Waals surface area (Å²) in [4.78, 5) is 16.8. The fraction of sp³-hybridized carbons (Fsp3) is 1.00. The average molecular weight is 262 g/mol. The molecule has 0 aromatic carbocycles. The number of rotatable bonds is 3. The molecule has 1 saturated heterocycles. The van der Waals surface area contributed by atoms with E-state index in [1.165, 1.54) is 0 Å². The minimum Gasteiger partial charge on any atom is -0.387 e. The minimum absolute atomic E-state index is 0.730. The maximum atomic E-state index is 10.4. The third-order valence-electron chi connectivity index (χ3n) is 2.09. The highest BCUT2D eigenvalue weighted by Gasteiger charge is 2.43. The lowest BCUT2D eigenvalue weighted by Gasteiger charge is -2.38. The van der Waals surface area contributed by atoms with Gasteiger partial charge in [-0.05, 0) is 0 Å². The summed E-state index contributed by atoms with van der Waals surface area (Å²) in [6, 6.07) is 0. The molecule has 5 atom stereocenters. The number of hydrogen-bond donors (Lipinski definition) is 6. The molecule has 0 aliphatic carbocycles. The summed E-state index contributed by atoms with van der Waals surface area (Å²) in [6.45, 7) is -0.730. The van der Waals surface area contributed by atoms with Crippen LogP contribution in [0.25, 0.3) is 0 Å². The Morgan fingerprint density at radius 3 is 2.12 bits per heavy atom. The van der Waals surface area contributed by atoms with Crippen molar-refractivity contribution in [2.24, 2.45) is 0 Å². The maximum Gasteiger partial charge on any atom is 0.469 e. The van der Waals surface area contributed by atoms with E-state index in [1.54, 1.807) is 0 Å². The number of aliphatic hydroxyl groups is 4. The topological polar surface area (TPSA) is 157 Å². The van der Waals surface area contributed by atoms with E-state index >= 15 is 0 Å². The van der Waals surface area contributed by atoms with Crippen molar-refractivity contribution in [3.05, 3.63) is 0 Å². The molecule has 1 fully saturated rings. The second-order valence-corrected chi connectivity index (χ2v) is 4.56. The molecule has 10 heteroatoms. The molecule has 0 aromatic heterocycles. The Morgan fingerprint density at radius 1 is 1.06 bits per heavy atom. The van der Waals surface area contributed by atoms with Gasteiger partial charge in [-0.2, -0.15) is 0 Å².